The van der Waals surface area contributed by atoms with Gasteiger partial charge < -0.3 is 4.74 Å². The maximum absolute atomic E-state index is 11.6. The van der Waals surface area contributed by atoms with Gasteiger partial charge in [0.15, 0.2) is 0 Å². The molecular formula is C14H14N2O2. The predicted octanol–water partition coefficient (Wildman–Crippen LogP) is 2.68. The van der Waals surface area contributed by atoms with Gasteiger partial charge in [-0.2, -0.15) is 0 Å². The van der Waals surface area contributed by atoms with Crippen molar-refractivity contribution in [2.24, 2.45) is 0 Å². The Kier molecular flexibility index (Phi) is 2.70. The molecule has 18 heavy (non-hydrogen) atoms. The summed E-state index contributed by atoms with van der Waals surface area (Å²) in [5.41, 5.74) is 2.48. The predicted molar refractivity (Wildman–Crippen MR) is 67.5 cm³/mol. The largest absolute Gasteiger partial charge is 0.462 e. The molecule has 1 saturated carbocycles. The second-order valence-corrected chi connectivity index (χ2v) is 4.52. The van der Waals surface area contributed by atoms with Crippen molar-refractivity contribution in [1.29, 1.82) is 0 Å². The molecule has 0 N–H and O–H groups in total. The second-order valence-electron chi connectivity index (χ2n) is 4.52. The van der Waals surface area contributed by atoms with Gasteiger partial charge >= 0.3 is 5.97 Å². The van der Waals surface area contributed by atoms with Crippen molar-refractivity contribution in [3.05, 3.63) is 35.8 Å². The number of aromatic nitrogens is 2. The van der Waals surface area contributed by atoms with E-state index in [0.717, 1.165) is 16.6 Å². The molecule has 0 unspecified atom stereocenters. The zero-order valence-electron chi connectivity index (χ0n) is 10.2. The Morgan fingerprint density at radius 1 is 1.33 bits per heavy atom. The molecule has 0 radical (unpaired) electrons. The van der Waals surface area contributed by atoms with Gasteiger partial charge in [-0.05, 0) is 31.9 Å². The summed E-state index contributed by atoms with van der Waals surface area (Å²) >= 11 is 0. The monoisotopic (exact) mass is 242 g/mol. The molecule has 3 rings (SSSR count). The molecule has 1 fully saturated rings. The Hall–Kier alpha value is -1.97. The summed E-state index contributed by atoms with van der Waals surface area (Å²) in [6.45, 7) is 2.16. The highest BCUT2D eigenvalue weighted by Gasteiger charge is 2.25. The maximum atomic E-state index is 11.6. The molecule has 0 saturated heterocycles. The van der Waals surface area contributed by atoms with Crippen LogP contribution in [-0.4, -0.2) is 22.5 Å². The second kappa shape index (κ2) is 4.37. The molecule has 4 heteroatoms. The van der Waals surface area contributed by atoms with E-state index >= 15 is 0 Å². The minimum Gasteiger partial charge on any atom is -0.462 e. The van der Waals surface area contributed by atoms with Crippen LogP contribution >= 0.6 is 0 Å². The number of fused-ring (bicyclic) bond motifs is 1. The van der Waals surface area contributed by atoms with Crippen molar-refractivity contribution in [2.75, 3.05) is 6.61 Å². The van der Waals surface area contributed by atoms with E-state index in [1.54, 1.807) is 25.4 Å². The molecule has 92 valence electrons. The third kappa shape index (κ3) is 2.06. The van der Waals surface area contributed by atoms with Gasteiger partial charge in [0.25, 0.3) is 0 Å². The molecule has 0 bridgehead atoms. The van der Waals surface area contributed by atoms with Gasteiger partial charge in [-0.15, -0.1) is 0 Å². The molecule has 2 aromatic rings. The first-order valence-electron chi connectivity index (χ1n) is 6.20. The first-order chi connectivity index (χ1) is 8.78. The topological polar surface area (TPSA) is 52.1 Å². The number of carbonyl (C=O) groups is 1. The first-order valence-corrected chi connectivity index (χ1v) is 6.20. The molecule has 1 aliphatic rings. The molecular weight excluding hydrogens is 228 g/mol. The van der Waals surface area contributed by atoms with E-state index in [4.69, 9.17) is 4.74 Å². The van der Waals surface area contributed by atoms with E-state index < -0.39 is 0 Å². The van der Waals surface area contributed by atoms with E-state index in [-0.39, 0.29) is 5.97 Å². The molecule has 0 amide bonds. The number of nitrogens with zero attached hydrogens (tertiary/aromatic N) is 2. The highest BCUT2D eigenvalue weighted by atomic mass is 16.5. The highest BCUT2D eigenvalue weighted by Crippen LogP contribution is 2.39. The van der Waals surface area contributed by atoms with Crippen LogP contribution in [0.15, 0.2) is 24.5 Å². The first kappa shape index (κ1) is 11.1. The normalized spacial score (nSPS) is 14.7. The van der Waals surface area contributed by atoms with Crippen LogP contribution in [0.1, 0.15) is 41.7 Å². The third-order valence-electron chi connectivity index (χ3n) is 3.09. The molecule has 1 aliphatic carbocycles. The van der Waals surface area contributed by atoms with Crippen molar-refractivity contribution >= 4 is 16.9 Å². The van der Waals surface area contributed by atoms with Crippen LogP contribution in [-0.2, 0) is 4.74 Å². The van der Waals surface area contributed by atoms with Crippen molar-refractivity contribution in [3.8, 4) is 0 Å². The molecule has 4 nitrogen and oxygen atoms in total. The molecule has 0 spiro atoms. The Morgan fingerprint density at radius 2 is 2.17 bits per heavy atom. The highest BCUT2D eigenvalue weighted by molar-refractivity contribution is 5.93. The summed E-state index contributed by atoms with van der Waals surface area (Å²) in [5.74, 6) is 0.277. The zero-order valence-corrected chi connectivity index (χ0v) is 10.2. The lowest BCUT2D eigenvalue weighted by molar-refractivity contribution is 0.0526. The van der Waals surface area contributed by atoms with Crippen LogP contribution in [0, 0.1) is 0 Å². The van der Waals surface area contributed by atoms with Crippen LogP contribution < -0.4 is 0 Å². The van der Waals surface area contributed by atoms with Crippen LogP contribution in [0.2, 0.25) is 0 Å². The number of hydrogen-bond donors (Lipinski definition) is 0. The van der Waals surface area contributed by atoms with Gasteiger partial charge in [0.1, 0.15) is 0 Å². The third-order valence-corrected chi connectivity index (χ3v) is 3.09. The summed E-state index contributed by atoms with van der Waals surface area (Å²) < 4.78 is 4.95. The van der Waals surface area contributed by atoms with Crippen molar-refractivity contribution in [2.45, 2.75) is 25.7 Å². The van der Waals surface area contributed by atoms with Gasteiger partial charge in [-0.1, -0.05) is 0 Å². The fourth-order valence-corrected chi connectivity index (χ4v) is 1.97. The van der Waals surface area contributed by atoms with Gasteiger partial charge in [-0.3, -0.25) is 9.97 Å². The Labute approximate surface area is 105 Å². The number of ether oxygens (including phenoxy) is 1. The van der Waals surface area contributed by atoms with Crippen molar-refractivity contribution in [3.63, 3.8) is 0 Å². The van der Waals surface area contributed by atoms with Crippen molar-refractivity contribution < 1.29 is 9.53 Å². The van der Waals surface area contributed by atoms with E-state index in [0.29, 0.717) is 18.1 Å². The summed E-state index contributed by atoms with van der Waals surface area (Å²) in [6, 6.07) is 3.80. The SMILES string of the molecule is CCOC(=O)c1cnc2cc(C3CC3)ncc2c1. The summed E-state index contributed by atoms with van der Waals surface area (Å²) in [5, 5.41) is 0.880. The zero-order chi connectivity index (χ0) is 12.5. The van der Waals surface area contributed by atoms with Crippen molar-refractivity contribution in [1.82, 2.24) is 9.97 Å². The lowest BCUT2D eigenvalue weighted by Crippen LogP contribution is -2.05. The summed E-state index contributed by atoms with van der Waals surface area (Å²) in [4.78, 5) is 20.3. The van der Waals surface area contributed by atoms with Crippen LogP contribution in [0.5, 0.6) is 0 Å². The molecule has 0 aliphatic heterocycles. The number of rotatable bonds is 3. The van der Waals surface area contributed by atoms with Gasteiger partial charge in [0, 0.05) is 29.4 Å². The average molecular weight is 242 g/mol. The molecule has 0 aromatic carbocycles. The lowest BCUT2D eigenvalue weighted by Gasteiger charge is -2.04. The standard InChI is InChI=1S/C14H14N2O2/c1-2-18-14(17)11-5-10-7-15-12(9-3-4-9)6-13(10)16-8-11/h5-9H,2-4H2,1H3. The van der Waals surface area contributed by atoms with E-state index in [9.17, 15) is 4.79 Å². The Morgan fingerprint density at radius 3 is 2.89 bits per heavy atom. The van der Waals surface area contributed by atoms with Gasteiger partial charge in [0.05, 0.1) is 17.7 Å². The average Bonchev–Trinajstić information content (AvgIpc) is 3.22. The van der Waals surface area contributed by atoms with Crippen LogP contribution in [0.25, 0.3) is 10.9 Å². The smallest absolute Gasteiger partial charge is 0.339 e. The molecule has 2 heterocycles. The number of pyridine rings is 2. The Bertz CT molecular complexity index is 606. The number of carbonyl (C=O) groups excluding carboxylic acids is 1. The van der Waals surface area contributed by atoms with E-state index in [1.807, 2.05) is 6.07 Å². The quantitative estimate of drug-likeness (QED) is 0.776. The van der Waals surface area contributed by atoms with Gasteiger partial charge in [-0.25, -0.2) is 4.79 Å². The number of esters is 1. The Balaban J connectivity index is 1.97. The number of hydrogen-bond acceptors (Lipinski definition) is 4. The van der Waals surface area contributed by atoms with E-state index in [2.05, 4.69) is 9.97 Å². The minimum atomic E-state index is -0.335. The van der Waals surface area contributed by atoms with E-state index in [1.165, 1.54) is 12.8 Å². The van der Waals surface area contributed by atoms with Crippen LogP contribution in [0.3, 0.4) is 0 Å². The fraction of sp³-hybridized carbons (Fsp3) is 0.357. The molecule has 0 atom stereocenters. The maximum Gasteiger partial charge on any atom is 0.339 e. The molecule has 2 aromatic heterocycles. The minimum absolute atomic E-state index is 0.335. The fourth-order valence-electron chi connectivity index (χ4n) is 1.97. The lowest BCUT2D eigenvalue weighted by atomic mass is 10.1. The van der Waals surface area contributed by atoms with Gasteiger partial charge in [0.2, 0.25) is 0 Å². The van der Waals surface area contributed by atoms with Crippen LogP contribution in [0.4, 0.5) is 0 Å². The summed E-state index contributed by atoms with van der Waals surface area (Å²) in [6.07, 6.45) is 5.80. The summed E-state index contributed by atoms with van der Waals surface area (Å²) in [7, 11) is 0.